The first-order chi connectivity index (χ1) is 14.1. The van der Waals surface area contributed by atoms with E-state index in [1.165, 1.54) is 30.4 Å². The van der Waals surface area contributed by atoms with Gasteiger partial charge in [0.05, 0.1) is 6.54 Å². The summed E-state index contributed by atoms with van der Waals surface area (Å²) in [5.41, 5.74) is 2.78. The number of benzene rings is 1. The molecule has 158 valence electrons. The van der Waals surface area contributed by atoms with Gasteiger partial charge in [0.25, 0.3) is 0 Å². The van der Waals surface area contributed by atoms with Crippen molar-refractivity contribution in [2.45, 2.75) is 63.3 Å². The van der Waals surface area contributed by atoms with E-state index in [2.05, 4.69) is 29.2 Å². The van der Waals surface area contributed by atoms with Gasteiger partial charge < -0.3 is 9.80 Å². The van der Waals surface area contributed by atoms with Crippen molar-refractivity contribution in [2.24, 2.45) is 0 Å². The van der Waals surface area contributed by atoms with E-state index in [9.17, 15) is 9.59 Å². The molecule has 1 saturated heterocycles. The first kappa shape index (κ1) is 20.4. The van der Waals surface area contributed by atoms with Crippen LogP contribution in [-0.2, 0) is 16.0 Å². The number of carbonyl (C=O) groups is 2. The highest BCUT2D eigenvalue weighted by molar-refractivity contribution is 5.79. The minimum Gasteiger partial charge on any atom is -0.342 e. The fourth-order valence-corrected chi connectivity index (χ4v) is 5.33. The van der Waals surface area contributed by atoms with Crippen molar-refractivity contribution in [3.63, 3.8) is 0 Å². The Kier molecular flexibility index (Phi) is 6.53. The molecule has 0 spiro atoms. The van der Waals surface area contributed by atoms with E-state index in [0.717, 1.165) is 51.9 Å². The molecule has 2 aliphatic carbocycles. The first-order valence-electron chi connectivity index (χ1n) is 11.5. The summed E-state index contributed by atoms with van der Waals surface area (Å²) in [6.45, 7) is 3.58. The lowest BCUT2D eigenvalue weighted by Crippen LogP contribution is -2.52. The number of nitrogens with zero attached hydrogens (tertiary/aromatic N) is 3. The number of carbonyl (C=O) groups excluding carboxylic acids is 2. The molecule has 0 radical (unpaired) electrons. The Morgan fingerprint density at radius 3 is 2.48 bits per heavy atom. The van der Waals surface area contributed by atoms with Crippen molar-refractivity contribution in [1.29, 1.82) is 0 Å². The summed E-state index contributed by atoms with van der Waals surface area (Å²) in [4.78, 5) is 31.7. The van der Waals surface area contributed by atoms with Crippen LogP contribution < -0.4 is 0 Å². The van der Waals surface area contributed by atoms with E-state index in [-0.39, 0.29) is 11.8 Å². The van der Waals surface area contributed by atoms with E-state index in [0.29, 0.717) is 24.9 Å². The summed E-state index contributed by atoms with van der Waals surface area (Å²) in [6.07, 6.45) is 8.90. The van der Waals surface area contributed by atoms with Crippen molar-refractivity contribution in [3.8, 4) is 0 Å². The fraction of sp³-hybridized carbons (Fsp3) is 0.667. The maximum Gasteiger partial charge on any atom is 0.236 e. The van der Waals surface area contributed by atoms with Crippen molar-refractivity contribution in [1.82, 2.24) is 14.7 Å². The van der Waals surface area contributed by atoms with Gasteiger partial charge in [0.1, 0.15) is 0 Å². The van der Waals surface area contributed by atoms with Crippen LogP contribution in [0.3, 0.4) is 0 Å². The standard InChI is InChI=1S/C24H35N3O2/c1-25(21-8-3-2-4-9-21)24(29)18-26-13-15-27(16-14-26)23(28)17-20-12-11-19-7-5-6-10-22(19)20/h5-7,10,20-21H,2-4,8-9,11-18H2,1H3. The van der Waals surface area contributed by atoms with Crippen LogP contribution in [0.2, 0.25) is 0 Å². The fourth-order valence-electron chi connectivity index (χ4n) is 5.33. The minimum atomic E-state index is 0.235. The maximum absolute atomic E-state index is 12.8. The van der Waals surface area contributed by atoms with Crippen molar-refractivity contribution in [2.75, 3.05) is 39.8 Å². The zero-order valence-corrected chi connectivity index (χ0v) is 17.8. The second-order valence-corrected chi connectivity index (χ2v) is 9.09. The van der Waals surface area contributed by atoms with E-state index in [1.54, 1.807) is 0 Å². The van der Waals surface area contributed by atoms with E-state index < -0.39 is 0 Å². The molecule has 1 aromatic rings. The summed E-state index contributed by atoms with van der Waals surface area (Å²) in [6, 6.07) is 8.98. The zero-order chi connectivity index (χ0) is 20.2. The van der Waals surface area contributed by atoms with E-state index >= 15 is 0 Å². The largest absolute Gasteiger partial charge is 0.342 e. The SMILES string of the molecule is CN(C(=O)CN1CCN(C(=O)CC2CCc3ccccc32)CC1)C1CCCCC1. The van der Waals surface area contributed by atoms with Gasteiger partial charge in [-0.15, -0.1) is 0 Å². The maximum atomic E-state index is 12.8. The molecule has 1 aliphatic heterocycles. The lowest BCUT2D eigenvalue weighted by atomic mass is 9.94. The number of rotatable bonds is 5. The van der Waals surface area contributed by atoms with Gasteiger partial charge >= 0.3 is 0 Å². The predicted molar refractivity (Wildman–Crippen MR) is 115 cm³/mol. The van der Waals surface area contributed by atoms with Gasteiger partial charge in [-0.3, -0.25) is 14.5 Å². The van der Waals surface area contributed by atoms with Crippen LogP contribution in [0.1, 0.15) is 62.0 Å². The Labute approximate surface area is 175 Å². The molecule has 2 amide bonds. The topological polar surface area (TPSA) is 43.9 Å². The van der Waals surface area contributed by atoms with Gasteiger partial charge in [0.15, 0.2) is 0 Å². The lowest BCUT2D eigenvalue weighted by Gasteiger charge is -2.37. The minimum absolute atomic E-state index is 0.235. The molecular weight excluding hydrogens is 362 g/mol. The molecule has 0 N–H and O–H groups in total. The molecule has 29 heavy (non-hydrogen) atoms. The van der Waals surface area contributed by atoms with E-state index in [4.69, 9.17) is 0 Å². The smallest absolute Gasteiger partial charge is 0.236 e. The number of likely N-dealkylation sites (N-methyl/N-ethyl adjacent to an activating group) is 1. The molecule has 0 aromatic heterocycles. The molecule has 5 heteroatoms. The summed E-state index contributed by atoms with van der Waals surface area (Å²) in [5, 5.41) is 0. The number of piperazine rings is 1. The van der Waals surface area contributed by atoms with Gasteiger partial charge in [0.2, 0.25) is 11.8 Å². The van der Waals surface area contributed by atoms with Crippen molar-refractivity contribution in [3.05, 3.63) is 35.4 Å². The Hall–Kier alpha value is -1.88. The van der Waals surface area contributed by atoms with Crippen LogP contribution in [0.4, 0.5) is 0 Å². The summed E-state index contributed by atoms with van der Waals surface area (Å²) < 4.78 is 0. The highest BCUT2D eigenvalue weighted by Gasteiger charge is 2.29. The third kappa shape index (κ3) is 4.82. The van der Waals surface area contributed by atoms with Crippen LogP contribution in [0.15, 0.2) is 24.3 Å². The Balaban J connectivity index is 1.22. The van der Waals surface area contributed by atoms with Crippen LogP contribution >= 0.6 is 0 Å². The molecule has 1 atom stereocenters. The summed E-state index contributed by atoms with van der Waals surface area (Å²) >= 11 is 0. The Morgan fingerprint density at radius 2 is 1.72 bits per heavy atom. The first-order valence-corrected chi connectivity index (χ1v) is 11.5. The van der Waals surface area contributed by atoms with Crippen LogP contribution in [0.25, 0.3) is 0 Å². The Bertz CT molecular complexity index is 721. The predicted octanol–water partition coefficient (Wildman–Crippen LogP) is 3.04. The molecule has 2 fully saturated rings. The highest BCUT2D eigenvalue weighted by atomic mass is 16.2. The summed E-state index contributed by atoms with van der Waals surface area (Å²) in [5.74, 6) is 0.888. The Morgan fingerprint density at radius 1 is 1.00 bits per heavy atom. The van der Waals surface area contributed by atoms with Gasteiger partial charge in [-0.05, 0) is 42.7 Å². The number of hydrogen-bond donors (Lipinski definition) is 0. The quantitative estimate of drug-likeness (QED) is 0.767. The van der Waals surface area contributed by atoms with Crippen molar-refractivity contribution >= 4 is 11.8 Å². The third-order valence-electron chi connectivity index (χ3n) is 7.28. The monoisotopic (exact) mass is 397 g/mol. The number of fused-ring (bicyclic) bond motifs is 1. The van der Waals surface area contributed by atoms with E-state index in [1.807, 2.05) is 16.8 Å². The highest BCUT2D eigenvalue weighted by Crippen LogP contribution is 2.35. The molecule has 4 rings (SSSR count). The van der Waals surface area contributed by atoms with Gasteiger partial charge in [-0.1, -0.05) is 43.5 Å². The van der Waals surface area contributed by atoms with Crippen LogP contribution in [0.5, 0.6) is 0 Å². The third-order valence-corrected chi connectivity index (χ3v) is 7.28. The second-order valence-electron chi connectivity index (χ2n) is 9.09. The van der Waals surface area contributed by atoms with Gasteiger partial charge in [0, 0.05) is 45.7 Å². The number of aryl methyl sites for hydroxylation is 1. The summed E-state index contributed by atoms with van der Waals surface area (Å²) in [7, 11) is 1.97. The molecule has 1 unspecified atom stereocenters. The second kappa shape index (κ2) is 9.29. The average molecular weight is 398 g/mol. The molecule has 5 nitrogen and oxygen atoms in total. The molecule has 3 aliphatic rings. The van der Waals surface area contributed by atoms with Crippen LogP contribution in [0, 0.1) is 0 Å². The van der Waals surface area contributed by atoms with Gasteiger partial charge in [-0.2, -0.15) is 0 Å². The van der Waals surface area contributed by atoms with Crippen molar-refractivity contribution < 1.29 is 9.59 Å². The molecule has 1 saturated carbocycles. The molecule has 0 bridgehead atoms. The average Bonchev–Trinajstić information content (AvgIpc) is 3.17. The molecule has 1 aromatic carbocycles. The zero-order valence-electron chi connectivity index (χ0n) is 17.8. The molecular formula is C24H35N3O2. The van der Waals surface area contributed by atoms with Gasteiger partial charge in [-0.25, -0.2) is 0 Å². The normalized spacial score (nSPS) is 23.1. The number of hydrogen-bond acceptors (Lipinski definition) is 3. The molecule has 1 heterocycles. The van der Waals surface area contributed by atoms with Crippen LogP contribution in [-0.4, -0.2) is 72.3 Å². The number of amides is 2. The lowest BCUT2D eigenvalue weighted by molar-refractivity contribution is -0.136.